The van der Waals surface area contributed by atoms with E-state index in [1.807, 2.05) is 0 Å². The molecule has 1 aromatic heterocycles. The van der Waals surface area contributed by atoms with Crippen LogP contribution in [0.1, 0.15) is 0 Å². The molecule has 0 amide bonds. The molecule has 18 heavy (non-hydrogen) atoms. The lowest BCUT2D eigenvalue weighted by Crippen LogP contribution is -2.52. The number of aromatic amines is 1. The highest BCUT2D eigenvalue weighted by Gasteiger charge is 2.22. The van der Waals surface area contributed by atoms with Gasteiger partial charge in [0, 0.05) is 32.2 Å². The summed E-state index contributed by atoms with van der Waals surface area (Å²) in [6, 6.07) is 0.402. The number of nitrogens with one attached hydrogen (secondary N) is 2. The van der Waals surface area contributed by atoms with Crippen molar-refractivity contribution in [2.24, 2.45) is 0 Å². The van der Waals surface area contributed by atoms with Gasteiger partial charge in [0.2, 0.25) is 0 Å². The summed E-state index contributed by atoms with van der Waals surface area (Å²) in [5.41, 5.74) is 0.220. The molecule has 7 heteroatoms. The van der Waals surface area contributed by atoms with E-state index in [-0.39, 0.29) is 10.6 Å². The highest BCUT2D eigenvalue weighted by molar-refractivity contribution is 6.32. The fourth-order valence-corrected chi connectivity index (χ4v) is 2.21. The van der Waals surface area contributed by atoms with Crippen LogP contribution in [0.25, 0.3) is 0 Å². The quantitative estimate of drug-likeness (QED) is 0.815. The first-order valence-corrected chi connectivity index (χ1v) is 6.31. The van der Waals surface area contributed by atoms with E-state index >= 15 is 0 Å². The number of aromatic nitrogens is 2. The summed E-state index contributed by atoms with van der Waals surface area (Å²) < 4.78 is 0. The summed E-state index contributed by atoms with van der Waals surface area (Å²) >= 11 is 5.91. The van der Waals surface area contributed by atoms with Crippen LogP contribution in [0.4, 0.5) is 5.69 Å². The molecule has 6 nitrogen and oxygen atoms in total. The molecule has 100 valence electrons. The maximum absolute atomic E-state index is 11.3. The number of anilines is 1. The fraction of sp³-hybridized carbons (Fsp3) is 0.636. The van der Waals surface area contributed by atoms with Gasteiger partial charge in [-0.2, -0.15) is 5.10 Å². The molecule has 0 radical (unpaired) electrons. The molecule has 1 aromatic rings. The van der Waals surface area contributed by atoms with Crippen LogP contribution in [-0.2, 0) is 0 Å². The average Bonchev–Trinajstić information content (AvgIpc) is 2.35. The zero-order valence-corrected chi connectivity index (χ0v) is 11.4. The Morgan fingerprint density at radius 2 is 2.33 bits per heavy atom. The van der Waals surface area contributed by atoms with Crippen molar-refractivity contribution in [1.82, 2.24) is 20.0 Å². The maximum atomic E-state index is 11.3. The summed E-state index contributed by atoms with van der Waals surface area (Å²) in [5, 5.41) is 9.39. The van der Waals surface area contributed by atoms with Gasteiger partial charge in [-0.25, -0.2) is 5.10 Å². The Hall–Kier alpha value is -1.11. The number of likely N-dealkylation sites (N-methyl/N-ethyl adjacent to an activating group) is 2. The lowest BCUT2D eigenvalue weighted by molar-refractivity contribution is 0.122. The molecular weight excluding hydrogens is 254 g/mol. The predicted molar refractivity (Wildman–Crippen MR) is 72.3 cm³/mol. The first-order valence-electron chi connectivity index (χ1n) is 5.93. The van der Waals surface area contributed by atoms with Gasteiger partial charge in [-0.3, -0.25) is 9.69 Å². The molecule has 2 rings (SSSR count). The Balaban J connectivity index is 1.98. The minimum Gasteiger partial charge on any atom is -0.381 e. The molecule has 0 saturated carbocycles. The molecule has 1 aliphatic rings. The smallest absolute Gasteiger partial charge is 0.285 e. The van der Waals surface area contributed by atoms with Crippen LogP contribution >= 0.6 is 11.6 Å². The van der Waals surface area contributed by atoms with Crippen molar-refractivity contribution in [1.29, 1.82) is 0 Å². The van der Waals surface area contributed by atoms with Gasteiger partial charge in [-0.05, 0) is 14.1 Å². The number of halogens is 1. The first-order chi connectivity index (χ1) is 8.58. The Morgan fingerprint density at radius 3 is 3.11 bits per heavy atom. The van der Waals surface area contributed by atoms with E-state index in [0.717, 1.165) is 26.2 Å². The highest BCUT2D eigenvalue weighted by Crippen LogP contribution is 2.15. The maximum Gasteiger partial charge on any atom is 0.285 e. The predicted octanol–water partition coefficient (Wildman–Crippen LogP) is 0.0810. The summed E-state index contributed by atoms with van der Waals surface area (Å²) in [4.78, 5) is 15.9. The van der Waals surface area contributed by atoms with Crippen LogP contribution < -0.4 is 10.9 Å². The van der Waals surface area contributed by atoms with Crippen molar-refractivity contribution in [3.63, 3.8) is 0 Å². The van der Waals surface area contributed by atoms with Crippen molar-refractivity contribution in [2.45, 2.75) is 6.04 Å². The Kier molecular flexibility index (Phi) is 4.21. The fourth-order valence-electron chi connectivity index (χ4n) is 2.06. The van der Waals surface area contributed by atoms with Gasteiger partial charge in [0.15, 0.2) is 0 Å². The third-order valence-corrected chi connectivity index (χ3v) is 3.68. The van der Waals surface area contributed by atoms with E-state index in [4.69, 9.17) is 11.6 Å². The second kappa shape index (κ2) is 5.69. The van der Waals surface area contributed by atoms with Gasteiger partial charge in [-0.1, -0.05) is 11.6 Å². The van der Waals surface area contributed by atoms with Gasteiger partial charge in [0.05, 0.1) is 11.9 Å². The lowest BCUT2D eigenvalue weighted by atomic mass is 10.2. The van der Waals surface area contributed by atoms with Crippen molar-refractivity contribution >= 4 is 17.3 Å². The molecule has 0 aliphatic carbocycles. The topological polar surface area (TPSA) is 64.3 Å². The number of hydrogen-bond acceptors (Lipinski definition) is 5. The molecule has 1 aliphatic heterocycles. The van der Waals surface area contributed by atoms with Crippen LogP contribution in [0, 0.1) is 0 Å². The van der Waals surface area contributed by atoms with Crippen LogP contribution in [-0.4, -0.2) is 66.3 Å². The van der Waals surface area contributed by atoms with Crippen molar-refractivity contribution in [3.8, 4) is 0 Å². The van der Waals surface area contributed by atoms with E-state index < -0.39 is 0 Å². The molecule has 0 bridgehead atoms. The van der Waals surface area contributed by atoms with Crippen molar-refractivity contribution in [3.05, 3.63) is 21.6 Å². The Labute approximate surface area is 111 Å². The van der Waals surface area contributed by atoms with E-state index in [2.05, 4.69) is 39.4 Å². The molecule has 1 saturated heterocycles. The van der Waals surface area contributed by atoms with Crippen LogP contribution in [0.2, 0.25) is 5.02 Å². The molecule has 0 spiro atoms. The van der Waals surface area contributed by atoms with Crippen molar-refractivity contribution < 1.29 is 0 Å². The minimum atomic E-state index is -0.365. The van der Waals surface area contributed by atoms with Gasteiger partial charge < -0.3 is 10.2 Å². The van der Waals surface area contributed by atoms with E-state index in [1.54, 1.807) is 0 Å². The van der Waals surface area contributed by atoms with Crippen molar-refractivity contribution in [2.75, 3.05) is 45.6 Å². The number of piperazine rings is 1. The normalized spacial score (nSPS) is 22.1. The number of rotatable bonds is 3. The molecule has 2 heterocycles. The van der Waals surface area contributed by atoms with E-state index in [9.17, 15) is 4.79 Å². The molecule has 2 N–H and O–H groups in total. The van der Waals surface area contributed by atoms with Crippen LogP contribution in [0.3, 0.4) is 0 Å². The van der Waals surface area contributed by atoms with E-state index in [1.165, 1.54) is 6.20 Å². The number of nitrogens with zero attached hydrogens (tertiary/aromatic N) is 3. The van der Waals surface area contributed by atoms with Crippen LogP contribution in [0.15, 0.2) is 11.0 Å². The largest absolute Gasteiger partial charge is 0.381 e. The number of hydrogen-bond donors (Lipinski definition) is 2. The third-order valence-electron chi connectivity index (χ3n) is 3.30. The van der Waals surface area contributed by atoms with Gasteiger partial charge >= 0.3 is 0 Å². The molecule has 1 fully saturated rings. The van der Waals surface area contributed by atoms with E-state index in [0.29, 0.717) is 11.7 Å². The minimum absolute atomic E-state index is 0.164. The summed E-state index contributed by atoms with van der Waals surface area (Å²) in [6.07, 6.45) is 1.54. The zero-order valence-electron chi connectivity index (χ0n) is 10.6. The summed E-state index contributed by atoms with van der Waals surface area (Å²) in [5.74, 6) is 0. The molecule has 1 atom stereocenters. The second-order valence-corrected chi connectivity index (χ2v) is 5.08. The summed E-state index contributed by atoms with van der Waals surface area (Å²) in [6.45, 7) is 3.87. The zero-order chi connectivity index (χ0) is 13.1. The lowest BCUT2D eigenvalue weighted by Gasteiger charge is -2.37. The molecular formula is C11H18ClN5O. The Morgan fingerprint density at radius 1 is 1.56 bits per heavy atom. The molecule has 0 aromatic carbocycles. The van der Waals surface area contributed by atoms with Gasteiger partial charge in [0.1, 0.15) is 5.02 Å². The standard InChI is InChI=1S/C11H18ClN5O/c1-16-3-4-17(2)8(7-16)5-13-9-6-14-15-11(18)10(9)12/h6,8H,3-5,7H2,1-2H3,(H2,13,15,18). The molecule has 1 unspecified atom stereocenters. The SMILES string of the molecule is CN1CCN(C)C(CNc2cn[nH]c(=O)c2Cl)C1. The first kappa shape index (κ1) is 13.3. The monoisotopic (exact) mass is 271 g/mol. The highest BCUT2D eigenvalue weighted by atomic mass is 35.5. The van der Waals surface area contributed by atoms with Crippen LogP contribution in [0.5, 0.6) is 0 Å². The second-order valence-electron chi connectivity index (χ2n) is 4.70. The van der Waals surface area contributed by atoms with Gasteiger partial charge in [-0.15, -0.1) is 0 Å². The van der Waals surface area contributed by atoms with Gasteiger partial charge in [0.25, 0.3) is 5.56 Å². The Bertz CT molecular complexity index is 463. The number of H-pyrrole nitrogens is 1. The average molecular weight is 272 g/mol. The summed E-state index contributed by atoms with van der Waals surface area (Å²) in [7, 11) is 4.22. The third kappa shape index (κ3) is 3.01.